The van der Waals surface area contributed by atoms with Gasteiger partial charge >= 0.3 is 0 Å². The molecule has 1 rings (SSSR count). The topological polar surface area (TPSA) is 26.0 Å². The summed E-state index contributed by atoms with van der Waals surface area (Å²) in [5.74, 6) is 0.310. The zero-order valence-corrected chi connectivity index (χ0v) is 9.76. The van der Waals surface area contributed by atoms with Crippen LogP contribution in [0.5, 0.6) is 0 Å². The molecule has 0 aromatic heterocycles. The van der Waals surface area contributed by atoms with Crippen LogP contribution in [-0.2, 0) is 6.42 Å². The van der Waals surface area contributed by atoms with Gasteiger partial charge in [0.15, 0.2) is 0 Å². The third-order valence-electron chi connectivity index (χ3n) is 2.59. The number of rotatable bonds is 4. The summed E-state index contributed by atoms with van der Waals surface area (Å²) < 4.78 is 13.5. The molecule has 0 saturated heterocycles. The Kier molecular flexibility index (Phi) is 4.28. The Hall–Kier alpha value is -0.890. The van der Waals surface area contributed by atoms with E-state index in [1.165, 1.54) is 6.07 Å². The van der Waals surface area contributed by atoms with Crippen LogP contribution in [0.15, 0.2) is 18.2 Å². The van der Waals surface area contributed by atoms with Crippen LogP contribution in [0.2, 0.25) is 0 Å². The first-order chi connectivity index (χ1) is 7.04. The van der Waals surface area contributed by atoms with Gasteiger partial charge in [-0.25, -0.2) is 4.39 Å². The summed E-state index contributed by atoms with van der Waals surface area (Å²) in [6, 6.07) is 5.05. The Labute approximate surface area is 91.5 Å². The van der Waals surface area contributed by atoms with Crippen molar-refractivity contribution in [2.45, 2.75) is 39.7 Å². The van der Waals surface area contributed by atoms with E-state index in [9.17, 15) is 4.39 Å². The average molecular weight is 209 g/mol. The molecule has 0 amide bonds. The van der Waals surface area contributed by atoms with Crippen molar-refractivity contribution in [3.8, 4) is 0 Å². The maximum absolute atomic E-state index is 13.5. The van der Waals surface area contributed by atoms with E-state index in [-0.39, 0.29) is 11.9 Å². The number of hydrogen-bond donors (Lipinski definition) is 1. The molecule has 1 aromatic carbocycles. The molecule has 0 aliphatic carbocycles. The number of aryl methyl sites for hydroxylation is 1. The van der Waals surface area contributed by atoms with E-state index in [0.717, 1.165) is 18.4 Å². The lowest BCUT2D eigenvalue weighted by Crippen LogP contribution is -2.14. The first-order valence-corrected chi connectivity index (χ1v) is 5.58. The fourth-order valence-electron chi connectivity index (χ4n) is 1.73. The third kappa shape index (κ3) is 3.31. The molecule has 0 spiro atoms. The van der Waals surface area contributed by atoms with Crippen molar-refractivity contribution in [1.29, 1.82) is 0 Å². The molecule has 2 heteroatoms. The Morgan fingerprint density at radius 1 is 1.33 bits per heavy atom. The van der Waals surface area contributed by atoms with Crippen molar-refractivity contribution < 1.29 is 4.39 Å². The molecule has 0 radical (unpaired) electrons. The number of halogens is 1. The minimum Gasteiger partial charge on any atom is -0.324 e. The Morgan fingerprint density at radius 3 is 2.53 bits per heavy atom. The molecule has 1 nitrogen and oxygen atoms in total. The fraction of sp³-hybridized carbons (Fsp3) is 0.538. The molecule has 0 bridgehead atoms. The van der Waals surface area contributed by atoms with Crippen LogP contribution in [0.4, 0.5) is 4.39 Å². The molecule has 0 saturated carbocycles. The van der Waals surface area contributed by atoms with Crippen molar-refractivity contribution in [3.63, 3.8) is 0 Å². The summed E-state index contributed by atoms with van der Waals surface area (Å²) in [7, 11) is 0. The molecule has 1 unspecified atom stereocenters. The summed E-state index contributed by atoms with van der Waals surface area (Å²) in [6.07, 6.45) is 1.74. The second-order valence-electron chi connectivity index (χ2n) is 4.45. The van der Waals surface area contributed by atoms with Gasteiger partial charge in [0.25, 0.3) is 0 Å². The Bertz CT molecular complexity index is 320. The number of hydrogen-bond acceptors (Lipinski definition) is 1. The summed E-state index contributed by atoms with van der Waals surface area (Å²) in [6.45, 7) is 6.26. The molecule has 1 aromatic rings. The highest BCUT2D eigenvalue weighted by molar-refractivity contribution is 5.27. The van der Waals surface area contributed by atoms with Crippen molar-refractivity contribution in [3.05, 3.63) is 35.1 Å². The first kappa shape index (κ1) is 12.2. The predicted octanol–water partition coefficient (Wildman–Crippen LogP) is 3.43. The highest BCUT2D eigenvalue weighted by Crippen LogP contribution is 2.22. The fourth-order valence-corrected chi connectivity index (χ4v) is 1.73. The van der Waals surface area contributed by atoms with Gasteiger partial charge < -0.3 is 5.73 Å². The smallest absolute Gasteiger partial charge is 0.127 e. The molecular weight excluding hydrogens is 189 g/mol. The van der Waals surface area contributed by atoms with Crippen molar-refractivity contribution in [1.82, 2.24) is 0 Å². The summed E-state index contributed by atoms with van der Waals surface area (Å²) in [4.78, 5) is 0. The summed E-state index contributed by atoms with van der Waals surface area (Å²) >= 11 is 0. The van der Waals surface area contributed by atoms with E-state index in [1.807, 2.05) is 12.1 Å². The van der Waals surface area contributed by atoms with Crippen LogP contribution >= 0.6 is 0 Å². The zero-order valence-electron chi connectivity index (χ0n) is 9.76. The van der Waals surface area contributed by atoms with Crippen LogP contribution in [0.25, 0.3) is 0 Å². The van der Waals surface area contributed by atoms with Crippen LogP contribution in [0.3, 0.4) is 0 Å². The minimum absolute atomic E-state index is 0.180. The van der Waals surface area contributed by atoms with E-state index in [2.05, 4.69) is 20.8 Å². The summed E-state index contributed by atoms with van der Waals surface area (Å²) in [5, 5.41) is 0. The highest BCUT2D eigenvalue weighted by atomic mass is 19.1. The summed E-state index contributed by atoms with van der Waals surface area (Å²) in [5.41, 5.74) is 7.78. The number of benzene rings is 1. The molecule has 1 atom stereocenters. The normalized spacial score (nSPS) is 13.2. The van der Waals surface area contributed by atoms with Gasteiger partial charge in [-0.2, -0.15) is 0 Å². The van der Waals surface area contributed by atoms with Crippen molar-refractivity contribution in [2.75, 3.05) is 0 Å². The van der Waals surface area contributed by atoms with Gasteiger partial charge in [-0.3, -0.25) is 0 Å². The quantitative estimate of drug-likeness (QED) is 0.807. The van der Waals surface area contributed by atoms with Gasteiger partial charge in [0.05, 0.1) is 0 Å². The van der Waals surface area contributed by atoms with E-state index < -0.39 is 0 Å². The van der Waals surface area contributed by atoms with Gasteiger partial charge in [0.1, 0.15) is 5.82 Å². The second-order valence-corrected chi connectivity index (χ2v) is 4.45. The molecule has 0 aliphatic heterocycles. The van der Waals surface area contributed by atoms with Crippen molar-refractivity contribution in [2.24, 2.45) is 11.7 Å². The van der Waals surface area contributed by atoms with E-state index in [0.29, 0.717) is 11.5 Å². The molecular formula is C13H20FN. The van der Waals surface area contributed by atoms with Gasteiger partial charge in [0, 0.05) is 11.6 Å². The van der Waals surface area contributed by atoms with E-state index in [4.69, 9.17) is 5.73 Å². The van der Waals surface area contributed by atoms with E-state index in [1.54, 1.807) is 0 Å². The standard InChI is InChI=1S/C13H20FN/c1-4-10-5-6-12(14)11(8-10)13(15)7-9(2)3/h5-6,8-9,13H,4,7,15H2,1-3H3. The molecule has 0 aliphatic rings. The lowest BCUT2D eigenvalue weighted by Gasteiger charge is -2.16. The molecule has 15 heavy (non-hydrogen) atoms. The lowest BCUT2D eigenvalue weighted by molar-refractivity contribution is 0.488. The van der Waals surface area contributed by atoms with Gasteiger partial charge in [-0.1, -0.05) is 32.9 Å². The largest absolute Gasteiger partial charge is 0.324 e. The molecule has 2 N–H and O–H groups in total. The lowest BCUT2D eigenvalue weighted by atomic mass is 9.95. The second kappa shape index (κ2) is 5.26. The third-order valence-corrected chi connectivity index (χ3v) is 2.59. The Balaban J connectivity index is 2.91. The number of nitrogens with two attached hydrogens (primary N) is 1. The van der Waals surface area contributed by atoms with Crippen LogP contribution in [-0.4, -0.2) is 0 Å². The van der Waals surface area contributed by atoms with Crippen molar-refractivity contribution >= 4 is 0 Å². The van der Waals surface area contributed by atoms with Gasteiger partial charge in [0.2, 0.25) is 0 Å². The maximum atomic E-state index is 13.5. The predicted molar refractivity (Wildman–Crippen MR) is 62.2 cm³/mol. The van der Waals surface area contributed by atoms with Gasteiger partial charge in [-0.05, 0) is 30.4 Å². The van der Waals surface area contributed by atoms with Crippen LogP contribution in [0, 0.1) is 11.7 Å². The maximum Gasteiger partial charge on any atom is 0.127 e. The SMILES string of the molecule is CCc1ccc(F)c(C(N)CC(C)C)c1. The molecule has 0 heterocycles. The first-order valence-electron chi connectivity index (χ1n) is 5.58. The Morgan fingerprint density at radius 2 is 2.00 bits per heavy atom. The minimum atomic E-state index is -0.184. The zero-order chi connectivity index (χ0) is 11.4. The van der Waals surface area contributed by atoms with Crippen LogP contribution < -0.4 is 5.73 Å². The average Bonchev–Trinajstić information content (AvgIpc) is 2.17. The molecule has 84 valence electrons. The van der Waals surface area contributed by atoms with Crippen LogP contribution in [0.1, 0.15) is 44.4 Å². The van der Waals surface area contributed by atoms with E-state index >= 15 is 0 Å². The van der Waals surface area contributed by atoms with Gasteiger partial charge in [-0.15, -0.1) is 0 Å². The monoisotopic (exact) mass is 209 g/mol. The highest BCUT2D eigenvalue weighted by Gasteiger charge is 2.13. The molecule has 0 fully saturated rings.